The Balaban J connectivity index is 1.42. The summed E-state index contributed by atoms with van der Waals surface area (Å²) in [5, 5.41) is 6.25. The van der Waals surface area contributed by atoms with Gasteiger partial charge >= 0.3 is 0 Å². The zero-order valence-electron chi connectivity index (χ0n) is 15.8. The maximum Gasteiger partial charge on any atom is 0.146 e. The lowest BCUT2D eigenvalue weighted by Crippen LogP contribution is -2.44. The van der Waals surface area contributed by atoms with Crippen molar-refractivity contribution >= 4 is 28.7 Å². The second-order valence-electron chi connectivity index (χ2n) is 6.86. The summed E-state index contributed by atoms with van der Waals surface area (Å²) in [4.78, 5) is 13.1. The van der Waals surface area contributed by atoms with Gasteiger partial charge in [0.05, 0.1) is 5.69 Å². The minimum Gasteiger partial charge on any atom is -0.369 e. The first-order valence-corrected chi connectivity index (χ1v) is 9.31. The van der Waals surface area contributed by atoms with Crippen molar-refractivity contribution in [3.05, 3.63) is 66.7 Å². The molecule has 1 aromatic heterocycles. The summed E-state index contributed by atoms with van der Waals surface area (Å²) < 4.78 is 13.8. The molecule has 28 heavy (non-hydrogen) atoms. The Bertz CT molecular complexity index is 922. The molecule has 2 heterocycles. The summed E-state index contributed by atoms with van der Waals surface area (Å²) in [5.74, 6) is 0.841. The molecule has 0 unspecified atom stereocenters. The van der Waals surface area contributed by atoms with Crippen LogP contribution in [0.4, 0.5) is 33.1 Å². The largest absolute Gasteiger partial charge is 0.369 e. The highest BCUT2D eigenvalue weighted by molar-refractivity contribution is 5.64. The van der Waals surface area contributed by atoms with Gasteiger partial charge in [-0.05, 0) is 43.4 Å². The van der Waals surface area contributed by atoms with Crippen LogP contribution in [0.25, 0.3) is 0 Å². The zero-order chi connectivity index (χ0) is 19.3. The van der Waals surface area contributed by atoms with Crippen molar-refractivity contribution in [2.24, 2.45) is 0 Å². The summed E-state index contributed by atoms with van der Waals surface area (Å²) in [6.07, 6.45) is 1.45. The molecule has 2 aromatic carbocycles. The van der Waals surface area contributed by atoms with E-state index >= 15 is 0 Å². The molecule has 6 nitrogen and oxygen atoms in total. The highest BCUT2D eigenvalue weighted by Crippen LogP contribution is 2.23. The van der Waals surface area contributed by atoms with E-state index in [0.717, 1.165) is 31.9 Å². The quantitative estimate of drug-likeness (QED) is 0.703. The van der Waals surface area contributed by atoms with E-state index in [1.807, 2.05) is 12.1 Å². The Kier molecular flexibility index (Phi) is 5.34. The molecule has 1 saturated heterocycles. The van der Waals surface area contributed by atoms with Gasteiger partial charge < -0.3 is 20.4 Å². The van der Waals surface area contributed by atoms with Gasteiger partial charge in [0.25, 0.3) is 0 Å². The third-order valence-electron chi connectivity index (χ3n) is 4.81. The van der Waals surface area contributed by atoms with Gasteiger partial charge in [-0.3, -0.25) is 0 Å². The molecule has 0 atom stereocenters. The van der Waals surface area contributed by atoms with E-state index in [0.29, 0.717) is 17.3 Å². The predicted octanol–water partition coefficient (Wildman–Crippen LogP) is 3.85. The SMILES string of the molecule is CN1CCN(c2ccc(Nc3cc(Nc4ccccc4F)ncn3)cc2)CC1. The van der Waals surface area contributed by atoms with Crippen LogP contribution in [0, 0.1) is 5.82 Å². The van der Waals surface area contributed by atoms with E-state index < -0.39 is 0 Å². The number of anilines is 5. The van der Waals surface area contributed by atoms with E-state index in [4.69, 9.17) is 0 Å². The van der Waals surface area contributed by atoms with Crippen LogP contribution in [0.15, 0.2) is 60.9 Å². The van der Waals surface area contributed by atoms with Crippen LogP contribution in [-0.4, -0.2) is 48.1 Å². The molecule has 1 fully saturated rings. The van der Waals surface area contributed by atoms with Crippen LogP contribution in [0.1, 0.15) is 0 Å². The van der Waals surface area contributed by atoms with Crippen LogP contribution in [-0.2, 0) is 0 Å². The van der Waals surface area contributed by atoms with Crippen molar-refractivity contribution in [2.45, 2.75) is 0 Å². The average molecular weight is 378 g/mol. The van der Waals surface area contributed by atoms with Gasteiger partial charge in [-0.2, -0.15) is 0 Å². The molecule has 0 amide bonds. The molecule has 1 aliphatic heterocycles. The molecule has 144 valence electrons. The van der Waals surface area contributed by atoms with Crippen molar-refractivity contribution < 1.29 is 4.39 Å². The molecule has 2 N–H and O–H groups in total. The Morgan fingerprint density at radius 3 is 2.25 bits per heavy atom. The lowest BCUT2D eigenvalue weighted by Gasteiger charge is -2.34. The summed E-state index contributed by atoms with van der Waals surface area (Å²) in [6.45, 7) is 4.25. The first kappa shape index (κ1) is 18.2. The van der Waals surface area contributed by atoms with Gasteiger partial charge in [0.2, 0.25) is 0 Å². The van der Waals surface area contributed by atoms with Gasteiger partial charge in [0.15, 0.2) is 0 Å². The van der Waals surface area contributed by atoms with Gasteiger partial charge in [-0.1, -0.05) is 12.1 Å². The monoisotopic (exact) mass is 378 g/mol. The fourth-order valence-electron chi connectivity index (χ4n) is 3.16. The van der Waals surface area contributed by atoms with Crippen molar-refractivity contribution in [1.82, 2.24) is 14.9 Å². The average Bonchev–Trinajstić information content (AvgIpc) is 2.71. The molecular weight excluding hydrogens is 355 g/mol. The molecular formula is C21H23FN6. The molecule has 4 rings (SSSR count). The number of hydrogen-bond donors (Lipinski definition) is 2. The number of halogens is 1. The maximum absolute atomic E-state index is 13.8. The Hall–Kier alpha value is -3.19. The fraction of sp³-hybridized carbons (Fsp3) is 0.238. The second kappa shape index (κ2) is 8.22. The van der Waals surface area contributed by atoms with Crippen LogP contribution < -0.4 is 15.5 Å². The highest BCUT2D eigenvalue weighted by atomic mass is 19.1. The summed E-state index contributed by atoms with van der Waals surface area (Å²) in [6, 6.07) is 16.6. The lowest BCUT2D eigenvalue weighted by molar-refractivity contribution is 0.313. The predicted molar refractivity (Wildman–Crippen MR) is 111 cm³/mol. The number of piperazine rings is 1. The normalized spacial score (nSPS) is 14.7. The fourth-order valence-corrected chi connectivity index (χ4v) is 3.16. The number of benzene rings is 2. The number of nitrogens with one attached hydrogen (secondary N) is 2. The first-order valence-electron chi connectivity index (χ1n) is 9.31. The molecule has 0 bridgehead atoms. The van der Waals surface area contributed by atoms with Crippen molar-refractivity contribution in [3.63, 3.8) is 0 Å². The van der Waals surface area contributed by atoms with Crippen LogP contribution >= 0.6 is 0 Å². The van der Waals surface area contributed by atoms with E-state index in [1.54, 1.807) is 24.3 Å². The van der Waals surface area contributed by atoms with E-state index in [1.165, 1.54) is 18.1 Å². The molecule has 0 saturated carbocycles. The standard InChI is InChI=1S/C21H23FN6/c1-27-10-12-28(13-11-27)17-8-6-16(7-9-17)25-20-14-21(24-15-23-20)26-19-5-3-2-4-18(19)22/h2-9,14-15H,10-13H2,1H3,(H2,23,24,25,26). The molecule has 0 radical (unpaired) electrons. The molecule has 3 aromatic rings. The number of para-hydroxylation sites is 1. The molecule has 0 aliphatic carbocycles. The minimum absolute atomic E-state index is 0.324. The van der Waals surface area contributed by atoms with Crippen LogP contribution in [0.5, 0.6) is 0 Å². The number of likely N-dealkylation sites (N-methyl/N-ethyl adjacent to an activating group) is 1. The van der Waals surface area contributed by atoms with Gasteiger partial charge in [-0.15, -0.1) is 0 Å². The Morgan fingerprint density at radius 2 is 1.54 bits per heavy atom. The van der Waals surface area contributed by atoms with Crippen molar-refractivity contribution in [1.29, 1.82) is 0 Å². The number of rotatable bonds is 5. The van der Waals surface area contributed by atoms with Crippen LogP contribution in [0.3, 0.4) is 0 Å². The second-order valence-corrected chi connectivity index (χ2v) is 6.86. The summed E-state index contributed by atoms with van der Waals surface area (Å²) in [7, 11) is 2.15. The smallest absolute Gasteiger partial charge is 0.146 e. The number of nitrogens with zero attached hydrogens (tertiary/aromatic N) is 4. The molecule has 0 spiro atoms. The Morgan fingerprint density at radius 1 is 0.857 bits per heavy atom. The van der Waals surface area contributed by atoms with Gasteiger partial charge in [0, 0.05) is 43.6 Å². The van der Waals surface area contributed by atoms with E-state index in [9.17, 15) is 4.39 Å². The van der Waals surface area contributed by atoms with E-state index in [2.05, 4.69) is 49.6 Å². The van der Waals surface area contributed by atoms with Gasteiger partial charge in [0.1, 0.15) is 23.8 Å². The van der Waals surface area contributed by atoms with Crippen molar-refractivity contribution in [3.8, 4) is 0 Å². The zero-order valence-corrected chi connectivity index (χ0v) is 15.8. The van der Waals surface area contributed by atoms with Crippen molar-refractivity contribution in [2.75, 3.05) is 48.8 Å². The third-order valence-corrected chi connectivity index (χ3v) is 4.81. The minimum atomic E-state index is -0.324. The molecule has 1 aliphatic rings. The first-order chi connectivity index (χ1) is 13.7. The number of aromatic nitrogens is 2. The maximum atomic E-state index is 13.8. The van der Waals surface area contributed by atoms with E-state index in [-0.39, 0.29) is 5.82 Å². The Labute approximate surface area is 164 Å². The van der Waals surface area contributed by atoms with Crippen LogP contribution in [0.2, 0.25) is 0 Å². The lowest BCUT2D eigenvalue weighted by atomic mass is 10.2. The molecule has 7 heteroatoms. The third kappa shape index (κ3) is 4.37. The summed E-state index contributed by atoms with van der Waals surface area (Å²) >= 11 is 0. The number of hydrogen-bond acceptors (Lipinski definition) is 6. The topological polar surface area (TPSA) is 56.3 Å². The highest BCUT2D eigenvalue weighted by Gasteiger charge is 2.14. The van der Waals surface area contributed by atoms with Gasteiger partial charge in [-0.25, -0.2) is 14.4 Å². The summed E-state index contributed by atoms with van der Waals surface area (Å²) in [5.41, 5.74) is 2.54.